The molecule has 1 aliphatic heterocycles. The summed E-state index contributed by atoms with van der Waals surface area (Å²) in [5.74, 6) is 6.67. The Morgan fingerprint density at radius 3 is 2.20 bits per heavy atom. The van der Waals surface area contributed by atoms with E-state index in [1.807, 2.05) is 0 Å². The van der Waals surface area contributed by atoms with E-state index < -0.39 is 0 Å². The molecule has 0 N–H and O–H groups in total. The lowest BCUT2D eigenvalue weighted by Gasteiger charge is -2.26. The van der Waals surface area contributed by atoms with E-state index in [2.05, 4.69) is 40.0 Å². The fourth-order valence-corrected chi connectivity index (χ4v) is 1.98. The third-order valence-corrected chi connectivity index (χ3v) is 3.14. The molecular weight excluding hydrogens is 184 g/mol. The lowest BCUT2D eigenvalue weighted by atomic mass is 10.3. The molecule has 1 aliphatic rings. The zero-order valence-corrected chi connectivity index (χ0v) is 10.8. The number of hydrogen-bond donors (Lipinski definition) is 0. The van der Waals surface area contributed by atoms with Gasteiger partial charge in [0.15, 0.2) is 0 Å². The van der Waals surface area contributed by atoms with Gasteiger partial charge in [0, 0.05) is 12.8 Å². The lowest BCUT2D eigenvalue weighted by molar-refractivity contribution is -0.890. The standard InChI is InChI=1S/C13H26N2/c1-14(2,3)10-6-5-7-11-15(4)12-8-9-13-15/h6,8-13H2,1-4H3/q+2. The van der Waals surface area contributed by atoms with Gasteiger partial charge in [0.2, 0.25) is 0 Å². The van der Waals surface area contributed by atoms with E-state index in [4.69, 9.17) is 0 Å². The van der Waals surface area contributed by atoms with E-state index in [-0.39, 0.29) is 0 Å². The summed E-state index contributed by atoms with van der Waals surface area (Å²) >= 11 is 0. The zero-order chi connectivity index (χ0) is 11.4. The molecule has 0 amide bonds. The Balaban J connectivity index is 2.22. The molecule has 0 atom stereocenters. The first-order chi connectivity index (χ1) is 6.91. The van der Waals surface area contributed by atoms with E-state index in [1.54, 1.807) is 0 Å². The number of nitrogens with zero attached hydrogens (tertiary/aromatic N) is 2. The third kappa shape index (κ3) is 5.20. The van der Waals surface area contributed by atoms with Crippen molar-refractivity contribution in [2.75, 3.05) is 54.4 Å². The normalized spacial score (nSPS) is 19.7. The summed E-state index contributed by atoms with van der Waals surface area (Å²) in [6.45, 7) is 4.85. The summed E-state index contributed by atoms with van der Waals surface area (Å²) in [6, 6.07) is 0. The highest BCUT2D eigenvalue weighted by Crippen LogP contribution is 2.14. The van der Waals surface area contributed by atoms with E-state index >= 15 is 0 Å². The Morgan fingerprint density at radius 2 is 1.67 bits per heavy atom. The number of likely N-dealkylation sites (tertiary alicyclic amines) is 1. The molecule has 0 saturated carbocycles. The molecule has 15 heavy (non-hydrogen) atoms. The van der Waals surface area contributed by atoms with E-state index in [0.717, 1.165) is 24.0 Å². The maximum atomic E-state index is 3.35. The highest BCUT2D eigenvalue weighted by molar-refractivity contribution is 4.99. The van der Waals surface area contributed by atoms with Crippen molar-refractivity contribution in [1.29, 1.82) is 0 Å². The molecule has 0 aliphatic carbocycles. The van der Waals surface area contributed by atoms with Crippen molar-refractivity contribution < 1.29 is 8.97 Å². The monoisotopic (exact) mass is 210 g/mol. The first kappa shape index (κ1) is 12.5. The lowest BCUT2D eigenvalue weighted by Crippen LogP contribution is -2.40. The van der Waals surface area contributed by atoms with Crippen molar-refractivity contribution in [1.82, 2.24) is 0 Å². The maximum absolute atomic E-state index is 3.35. The Bertz CT molecular complexity index is 246. The van der Waals surface area contributed by atoms with Gasteiger partial charge in [-0.25, -0.2) is 0 Å². The van der Waals surface area contributed by atoms with Crippen LogP contribution in [0.15, 0.2) is 0 Å². The van der Waals surface area contributed by atoms with Crippen LogP contribution in [0, 0.1) is 11.8 Å². The molecule has 1 saturated heterocycles. The molecule has 0 bridgehead atoms. The molecule has 1 heterocycles. The number of quaternary nitrogens is 2. The van der Waals surface area contributed by atoms with E-state index in [0.29, 0.717) is 0 Å². The van der Waals surface area contributed by atoms with Crippen LogP contribution in [0.4, 0.5) is 0 Å². The van der Waals surface area contributed by atoms with Gasteiger partial charge in [0.1, 0.15) is 6.54 Å². The van der Waals surface area contributed by atoms with Crippen molar-refractivity contribution in [3.05, 3.63) is 0 Å². The van der Waals surface area contributed by atoms with Gasteiger partial charge in [-0.2, -0.15) is 0 Å². The van der Waals surface area contributed by atoms with E-state index in [9.17, 15) is 0 Å². The summed E-state index contributed by atoms with van der Waals surface area (Å²) in [4.78, 5) is 0. The minimum atomic E-state index is 1.01. The van der Waals surface area contributed by atoms with Crippen LogP contribution < -0.4 is 0 Å². The van der Waals surface area contributed by atoms with Crippen molar-refractivity contribution in [3.63, 3.8) is 0 Å². The minimum Gasteiger partial charge on any atom is -0.330 e. The Morgan fingerprint density at radius 1 is 1.07 bits per heavy atom. The van der Waals surface area contributed by atoms with Gasteiger partial charge in [-0.15, -0.1) is 0 Å². The van der Waals surface area contributed by atoms with Crippen LogP contribution in [0.2, 0.25) is 0 Å². The van der Waals surface area contributed by atoms with Crippen LogP contribution in [0.25, 0.3) is 0 Å². The molecule has 1 fully saturated rings. The molecule has 0 aromatic carbocycles. The second-order valence-electron chi connectivity index (χ2n) is 6.05. The van der Waals surface area contributed by atoms with Crippen LogP contribution in [0.3, 0.4) is 0 Å². The van der Waals surface area contributed by atoms with Crippen LogP contribution in [0.5, 0.6) is 0 Å². The predicted octanol–water partition coefficient (Wildman–Crippen LogP) is 1.33. The summed E-state index contributed by atoms with van der Waals surface area (Å²) in [5, 5.41) is 0. The maximum Gasteiger partial charge on any atom is 0.140 e. The average Bonchev–Trinajstić information content (AvgIpc) is 2.50. The van der Waals surface area contributed by atoms with Crippen molar-refractivity contribution in [2.24, 2.45) is 0 Å². The predicted molar refractivity (Wildman–Crippen MR) is 65.3 cm³/mol. The Kier molecular flexibility index (Phi) is 4.19. The van der Waals surface area contributed by atoms with Gasteiger partial charge in [0.05, 0.1) is 54.2 Å². The molecule has 0 spiro atoms. The fraction of sp³-hybridized carbons (Fsp3) is 0.846. The average molecular weight is 210 g/mol. The Hall–Kier alpha value is -0.520. The smallest absolute Gasteiger partial charge is 0.140 e. The van der Waals surface area contributed by atoms with Crippen LogP contribution in [0.1, 0.15) is 19.3 Å². The molecule has 0 radical (unpaired) electrons. The largest absolute Gasteiger partial charge is 0.330 e. The van der Waals surface area contributed by atoms with Crippen molar-refractivity contribution >= 4 is 0 Å². The van der Waals surface area contributed by atoms with Crippen LogP contribution in [-0.4, -0.2) is 63.3 Å². The molecule has 2 heteroatoms. The van der Waals surface area contributed by atoms with Crippen molar-refractivity contribution in [3.8, 4) is 11.8 Å². The summed E-state index contributed by atoms with van der Waals surface area (Å²) in [6.07, 6.45) is 3.80. The van der Waals surface area contributed by atoms with E-state index in [1.165, 1.54) is 30.4 Å². The second-order valence-corrected chi connectivity index (χ2v) is 6.05. The quantitative estimate of drug-likeness (QED) is 0.487. The molecule has 0 aromatic heterocycles. The van der Waals surface area contributed by atoms with Gasteiger partial charge in [-0.05, 0) is 5.92 Å². The Labute approximate surface area is 95.1 Å². The SMILES string of the molecule is C[N+](C)(C)CCC#CC[N+]1(C)CCCC1. The van der Waals surface area contributed by atoms with Crippen molar-refractivity contribution in [2.45, 2.75) is 19.3 Å². The van der Waals surface area contributed by atoms with Gasteiger partial charge in [-0.1, -0.05) is 5.92 Å². The number of hydrogen-bond acceptors (Lipinski definition) is 0. The van der Waals surface area contributed by atoms with Crippen LogP contribution in [-0.2, 0) is 0 Å². The third-order valence-electron chi connectivity index (χ3n) is 3.14. The fourth-order valence-electron chi connectivity index (χ4n) is 1.98. The minimum absolute atomic E-state index is 1.01. The molecule has 1 rings (SSSR count). The highest BCUT2D eigenvalue weighted by Gasteiger charge is 2.25. The molecule has 0 aromatic rings. The molecule has 86 valence electrons. The first-order valence-corrected chi connectivity index (χ1v) is 6.01. The number of rotatable bonds is 3. The highest BCUT2D eigenvalue weighted by atomic mass is 15.3. The van der Waals surface area contributed by atoms with Gasteiger partial charge in [0.25, 0.3) is 0 Å². The molecular formula is C13H26N2+2. The summed E-state index contributed by atoms with van der Waals surface area (Å²) in [7, 11) is 8.99. The first-order valence-electron chi connectivity index (χ1n) is 6.01. The van der Waals surface area contributed by atoms with Crippen LogP contribution >= 0.6 is 0 Å². The van der Waals surface area contributed by atoms with Gasteiger partial charge < -0.3 is 8.97 Å². The zero-order valence-electron chi connectivity index (χ0n) is 10.8. The molecule has 0 unspecified atom stereocenters. The molecule has 2 nitrogen and oxygen atoms in total. The van der Waals surface area contributed by atoms with Gasteiger partial charge in [-0.3, -0.25) is 0 Å². The topological polar surface area (TPSA) is 0 Å². The summed E-state index contributed by atoms with van der Waals surface area (Å²) < 4.78 is 2.19. The van der Waals surface area contributed by atoms with Gasteiger partial charge >= 0.3 is 0 Å². The summed E-state index contributed by atoms with van der Waals surface area (Å²) in [5.41, 5.74) is 0. The second kappa shape index (κ2) is 5.01.